The van der Waals surface area contributed by atoms with Crippen LogP contribution in [0.4, 0.5) is 11.4 Å². The van der Waals surface area contributed by atoms with Gasteiger partial charge in [0.15, 0.2) is 0 Å². The highest BCUT2D eigenvalue weighted by Crippen LogP contribution is 2.26. The number of benzene rings is 1. The maximum Gasteiger partial charge on any atom is 0.328 e. The smallest absolute Gasteiger partial charge is 0.328 e. The molecule has 1 atom stereocenters. The van der Waals surface area contributed by atoms with E-state index in [2.05, 4.69) is 35.5 Å². The lowest BCUT2D eigenvalue weighted by Gasteiger charge is -2.11. The highest BCUT2D eigenvalue weighted by atomic mass is 35.5. The summed E-state index contributed by atoms with van der Waals surface area (Å²) in [5.41, 5.74) is 3.35. The molecule has 0 saturated carbocycles. The number of aromatic nitrogens is 3. The number of aryl methyl sites for hydroxylation is 2. The minimum atomic E-state index is -0.0273. The van der Waals surface area contributed by atoms with Crippen molar-refractivity contribution < 1.29 is 17.7 Å². The van der Waals surface area contributed by atoms with E-state index in [4.69, 9.17) is 11.6 Å². The van der Waals surface area contributed by atoms with Crippen molar-refractivity contribution in [2.24, 2.45) is 7.05 Å². The summed E-state index contributed by atoms with van der Waals surface area (Å²) in [7, 11) is 1.78. The molecule has 29 heavy (non-hydrogen) atoms. The molecule has 9 heteroatoms. The van der Waals surface area contributed by atoms with E-state index in [1.54, 1.807) is 23.9 Å². The van der Waals surface area contributed by atoms with E-state index in [0.717, 1.165) is 29.7 Å². The van der Waals surface area contributed by atoms with Crippen LogP contribution in [0.3, 0.4) is 0 Å². The molecule has 0 aliphatic rings. The first-order valence-corrected chi connectivity index (χ1v) is 9.68. The van der Waals surface area contributed by atoms with Gasteiger partial charge in [0.05, 0.1) is 29.3 Å². The Bertz CT molecular complexity index is 1100. The Morgan fingerprint density at radius 3 is 2.79 bits per heavy atom. The zero-order valence-electron chi connectivity index (χ0n) is 16.6. The summed E-state index contributed by atoms with van der Waals surface area (Å²) in [6.07, 6.45) is 2.46. The summed E-state index contributed by atoms with van der Waals surface area (Å²) in [6, 6.07) is 9.95. The largest absolute Gasteiger partial charge is 1.00 e. The average Bonchev–Trinajstić information content (AvgIpc) is 2.91. The molecule has 0 spiro atoms. The number of hydrogen-bond donors (Lipinski definition) is 2. The number of nitrogens with one attached hydrogen (secondary N) is 1. The van der Waals surface area contributed by atoms with Crippen molar-refractivity contribution in [1.29, 1.82) is 5.26 Å². The number of hydrogen-bond acceptors (Lipinski definition) is 4. The standard InChI is InChI=1S/C20H23ClN6O.ClH/c1-4-23-13(2)8-10-27-18-11-14(5-6-17(18)26(3)20(27)28)25-16-7-9-24-19(21)15(16)12-22;/h5-7,9,11,13,23H,4,8,10H2,1-3H3,(H,24,25);1H. The number of fused-ring (bicyclic) bond motifs is 1. The van der Waals surface area contributed by atoms with Gasteiger partial charge in [-0.1, -0.05) is 11.6 Å². The van der Waals surface area contributed by atoms with Crippen molar-refractivity contribution in [2.45, 2.75) is 32.9 Å². The summed E-state index contributed by atoms with van der Waals surface area (Å²) < 4.78 is 3.47. The van der Waals surface area contributed by atoms with Crippen LogP contribution in [-0.4, -0.2) is 26.7 Å². The van der Waals surface area contributed by atoms with Gasteiger partial charge in [0.2, 0.25) is 0 Å². The molecule has 1 unspecified atom stereocenters. The van der Waals surface area contributed by atoms with Crippen LogP contribution in [0.1, 0.15) is 25.8 Å². The molecule has 3 aromatic rings. The zero-order valence-corrected chi connectivity index (χ0v) is 18.1. The molecule has 0 aliphatic heterocycles. The normalized spacial score (nSPS) is 11.7. The van der Waals surface area contributed by atoms with Crippen LogP contribution in [0, 0.1) is 11.3 Å². The number of pyridine rings is 1. The number of nitrogens with zero attached hydrogens (tertiary/aromatic N) is 4. The Balaban J connectivity index is 0.00000300. The van der Waals surface area contributed by atoms with Gasteiger partial charge in [0.25, 0.3) is 0 Å². The van der Waals surface area contributed by atoms with E-state index < -0.39 is 0 Å². The molecule has 0 saturated heterocycles. The fourth-order valence-electron chi connectivity index (χ4n) is 3.36. The highest BCUT2D eigenvalue weighted by Gasteiger charge is 2.14. The molecule has 2 aromatic heterocycles. The number of imidazole rings is 1. The van der Waals surface area contributed by atoms with Gasteiger partial charge in [0.1, 0.15) is 16.8 Å². The lowest BCUT2D eigenvalue weighted by atomic mass is 10.2. The summed E-state index contributed by atoms with van der Waals surface area (Å²) >= 11 is 6.01. The second kappa shape index (κ2) is 9.79. The van der Waals surface area contributed by atoms with E-state index in [0.29, 0.717) is 23.8 Å². The van der Waals surface area contributed by atoms with E-state index >= 15 is 0 Å². The number of nitriles is 1. The average molecular weight is 435 g/mol. The first-order chi connectivity index (χ1) is 13.5. The fraction of sp³-hybridized carbons (Fsp3) is 0.350. The predicted octanol–water partition coefficient (Wildman–Crippen LogP) is -0.630. The Kier molecular flexibility index (Phi) is 7.68. The topological polar surface area (TPSA) is 92.2 Å². The molecule has 154 valence electrons. The number of anilines is 2. The van der Waals surface area contributed by atoms with Crippen molar-refractivity contribution in [3.05, 3.63) is 51.7 Å². The van der Waals surface area contributed by atoms with Gasteiger partial charge < -0.3 is 23.0 Å². The van der Waals surface area contributed by atoms with Gasteiger partial charge in [-0.05, 0) is 38.1 Å². The molecule has 0 amide bonds. The SMILES string of the molecule is CC[NH2+]C(C)CCn1c(=O)n(C)c2ccc(Nc3ccnc(Cl)c3C#N)cc21.[Cl-]. The van der Waals surface area contributed by atoms with Gasteiger partial charge in [-0.2, -0.15) is 5.26 Å². The maximum atomic E-state index is 12.7. The quantitative estimate of drug-likeness (QED) is 0.484. The number of halogens is 2. The van der Waals surface area contributed by atoms with E-state index in [1.807, 2.05) is 22.8 Å². The number of quaternary nitrogens is 1. The van der Waals surface area contributed by atoms with Crippen LogP contribution in [-0.2, 0) is 13.6 Å². The molecular weight excluding hydrogens is 411 g/mol. The third-order valence-electron chi connectivity index (χ3n) is 4.89. The molecule has 7 nitrogen and oxygen atoms in total. The molecular formula is C20H24Cl2N6O. The zero-order chi connectivity index (χ0) is 20.3. The molecule has 0 radical (unpaired) electrons. The Hall–Kier alpha value is -2.53. The third kappa shape index (κ3) is 4.73. The maximum absolute atomic E-state index is 12.7. The van der Waals surface area contributed by atoms with E-state index in [9.17, 15) is 10.1 Å². The molecule has 3 rings (SSSR count). The Labute approximate surface area is 180 Å². The summed E-state index contributed by atoms with van der Waals surface area (Å²) in [6.45, 7) is 5.97. The highest BCUT2D eigenvalue weighted by molar-refractivity contribution is 6.31. The van der Waals surface area contributed by atoms with Crippen LogP contribution in [0.15, 0.2) is 35.3 Å². The van der Waals surface area contributed by atoms with Crippen molar-refractivity contribution in [2.75, 3.05) is 11.9 Å². The summed E-state index contributed by atoms with van der Waals surface area (Å²) in [5, 5.41) is 15.0. The molecule has 0 fully saturated rings. The predicted molar refractivity (Wildman–Crippen MR) is 111 cm³/mol. The van der Waals surface area contributed by atoms with Crippen molar-refractivity contribution >= 4 is 34.0 Å². The van der Waals surface area contributed by atoms with Gasteiger partial charge in [-0.3, -0.25) is 9.13 Å². The van der Waals surface area contributed by atoms with Crippen molar-refractivity contribution in [3.8, 4) is 6.07 Å². The third-order valence-corrected chi connectivity index (χ3v) is 5.17. The minimum Gasteiger partial charge on any atom is -1.00 e. The van der Waals surface area contributed by atoms with E-state index in [-0.39, 0.29) is 23.2 Å². The molecule has 0 aliphatic carbocycles. The monoisotopic (exact) mass is 434 g/mol. The van der Waals surface area contributed by atoms with Crippen LogP contribution in [0.5, 0.6) is 0 Å². The molecule has 0 bridgehead atoms. The summed E-state index contributed by atoms with van der Waals surface area (Å²) in [5.74, 6) is 0. The van der Waals surface area contributed by atoms with Crippen LogP contribution >= 0.6 is 11.6 Å². The van der Waals surface area contributed by atoms with E-state index in [1.165, 1.54) is 0 Å². The lowest BCUT2D eigenvalue weighted by molar-refractivity contribution is -0.684. The van der Waals surface area contributed by atoms with Gasteiger partial charge in [-0.25, -0.2) is 9.78 Å². The minimum absolute atomic E-state index is 0. The molecule has 1 aromatic carbocycles. The Morgan fingerprint density at radius 2 is 2.10 bits per heavy atom. The van der Waals surface area contributed by atoms with Crippen molar-refractivity contribution in [3.63, 3.8) is 0 Å². The van der Waals surface area contributed by atoms with Gasteiger partial charge >= 0.3 is 5.69 Å². The van der Waals surface area contributed by atoms with Crippen LogP contribution < -0.4 is 28.7 Å². The Morgan fingerprint density at radius 1 is 1.34 bits per heavy atom. The molecule has 2 heterocycles. The van der Waals surface area contributed by atoms with Gasteiger partial charge in [-0.15, -0.1) is 0 Å². The van der Waals surface area contributed by atoms with Crippen LogP contribution in [0.25, 0.3) is 11.0 Å². The molecule has 3 N–H and O–H groups in total. The number of rotatable bonds is 7. The van der Waals surface area contributed by atoms with Crippen molar-refractivity contribution in [1.82, 2.24) is 14.1 Å². The van der Waals surface area contributed by atoms with Crippen LogP contribution in [0.2, 0.25) is 5.15 Å². The first-order valence-electron chi connectivity index (χ1n) is 9.30. The summed E-state index contributed by atoms with van der Waals surface area (Å²) in [4.78, 5) is 16.6. The number of nitrogens with two attached hydrogens (primary N) is 1. The lowest BCUT2D eigenvalue weighted by Crippen LogP contribution is -3.00. The fourth-order valence-corrected chi connectivity index (χ4v) is 3.56. The second-order valence-corrected chi connectivity index (χ2v) is 7.23. The van der Waals surface area contributed by atoms with Gasteiger partial charge in [0, 0.05) is 31.9 Å². The first kappa shape index (κ1) is 22.8. The second-order valence-electron chi connectivity index (χ2n) is 6.87.